The van der Waals surface area contributed by atoms with Crippen LogP contribution in [-0.2, 0) is 4.74 Å². The minimum absolute atomic E-state index is 0.0914. The molecule has 0 saturated carbocycles. The molecule has 1 aliphatic heterocycles. The number of hydrogen-bond acceptors (Lipinski definition) is 2. The zero-order valence-electron chi connectivity index (χ0n) is 20.5. The van der Waals surface area contributed by atoms with E-state index in [4.69, 9.17) is 9.73 Å². The molecule has 0 bridgehead atoms. The van der Waals surface area contributed by atoms with Gasteiger partial charge in [-0.2, -0.15) is 0 Å². The first-order valence-corrected chi connectivity index (χ1v) is 13.7. The van der Waals surface area contributed by atoms with Crippen LogP contribution in [0.3, 0.4) is 0 Å². The molecule has 0 spiro atoms. The van der Waals surface area contributed by atoms with Gasteiger partial charge in [0.1, 0.15) is 11.6 Å². The quantitative estimate of drug-likeness (QED) is 0.248. The van der Waals surface area contributed by atoms with Gasteiger partial charge in [-0.3, -0.25) is 0 Å². The van der Waals surface area contributed by atoms with Gasteiger partial charge in [-0.25, -0.2) is 4.99 Å². The van der Waals surface area contributed by atoms with Crippen LogP contribution >= 0.6 is 7.92 Å². The molecular formula is C33H28NOP. The van der Waals surface area contributed by atoms with Gasteiger partial charge in [0.05, 0.1) is 0 Å². The maximum absolute atomic E-state index is 6.67. The molecule has 0 fully saturated rings. The first kappa shape index (κ1) is 22.7. The first-order chi connectivity index (χ1) is 17.6. The Morgan fingerprint density at radius 3 is 1.94 bits per heavy atom. The van der Waals surface area contributed by atoms with Gasteiger partial charge >= 0.3 is 0 Å². The minimum Gasteiger partial charge on any atom is -0.469 e. The summed E-state index contributed by atoms with van der Waals surface area (Å²) in [7, 11) is -0.771. The Bertz CT molecular complexity index is 1500. The summed E-state index contributed by atoms with van der Waals surface area (Å²) < 4.78 is 6.67. The second-order valence-corrected chi connectivity index (χ2v) is 11.8. The highest BCUT2D eigenvalue weighted by atomic mass is 31.1. The maximum Gasteiger partial charge on any atom is 0.218 e. The summed E-state index contributed by atoms with van der Waals surface area (Å²) in [4.78, 5) is 5.27. The maximum atomic E-state index is 6.67. The fourth-order valence-electron chi connectivity index (χ4n) is 5.09. The van der Waals surface area contributed by atoms with E-state index in [1.165, 1.54) is 32.2 Å². The number of benzene rings is 5. The van der Waals surface area contributed by atoms with Gasteiger partial charge in [0.25, 0.3) is 0 Å². The van der Waals surface area contributed by atoms with Gasteiger partial charge < -0.3 is 4.74 Å². The third kappa shape index (κ3) is 4.12. The smallest absolute Gasteiger partial charge is 0.218 e. The van der Waals surface area contributed by atoms with Crippen molar-refractivity contribution in [2.24, 2.45) is 4.99 Å². The van der Waals surface area contributed by atoms with E-state index in [0.717, 1.165) is 11.5 Å². The molecule has 36 heavy (non-hydrogen) atoms. The Morgan fingerprint density at radius 2 is 1.22 bits per heavy atom. The highest BCUT2D eigenvalue weighted by Gasteiger charge is 2.41. The molecule has 5 aromatic rings. The Labute approximate surface area is 214 Å². The van der Waals surface area contributed by atoms with E-state index in [1.54, 1.807) is 0 Å². The van der Waals surface area contributed by atoms with E-state index in [9.17, 15) is 0 Å². The normalized spacial score (nSPS) is 16.6. The standard InChI is InChI=1S/C33H28NOP/c1-33(2)31(28-22-13-15-24-14-9-10-20-27(24)28)34-32(35-33)29-21-11-12-23-30(29)36(25-16-5-3-6-17-25)26-18-7-4-8-19-26/h3-23,31H,1-2H3. The van der Waals surface area contributed by atoms with E-state index < -0.39 is 13.5 Å². The lowest BCUT2D eigenvalue weighted by Gasteiger charge is -2.27. The third-order valence-electron chi connectivity index (χ3n) is 6.79. The molecule has 1 aliphatic rings. The Kier molecular flexibility index (Phi) is 5.91. The fraction of sp³-hybridized carbons (Fsp3) is 0.121. The summed E-state index contributed by atoms with van der Waals surface area (Å²) in [5, 5.41) is 6.35. The van der Waals surface area contributed by atoms with Crippen LogP contribution in [0.25, 0.3) is 10.8 Å². The zero-order chi connectivity index (χ0) is 24.5. The average molecular weight is 486 g/mol. The number of nitrogens with zero attached hydrogens (tertiary/aromatic N) is 1. The number of rotatable bonds is 5. The molecule has 0 aromatic heterocycles. The predicted octanol–water partition coefficient (Wildman–Crippen LogP) is 6.89. The molecule has 0 aliphatic carbocycles. The molecule has 0 saturated heterocycles. The number of fused-ring (bicyclic) bond motifs is 1. The molecule has 2 nitrogen and oxygen atoms in total. The lowest BCUT2D eigenvalue weighted by molar-refractivity contribution is 0.0979. The molecule has 0 N–H and O–H groups in total. The van der Waals surface area contributed by atoms with Crippen LogP contribution < -0.4 is 15.9 Å². The topological polar surface area (TPSA) is 21.6 Å². The monoisotopic (exact) mass is 485 g/mol. The summed E-state index contributed by atoms with van der Waals surface area (Å²) in [5.41, 5.74) is 1.82. The van der Waals surface area contributed by atoms with Gasteiger partial charge in [0.2, 0.25) is 5.90 Å². The Hall–Kier alpha value is -3.74. The number of aliphatic imine (C=N–C) groups is 1. The molecule has 1 unspecified atom stereocenters. The summed E-state index contributed by atoms with van der Waals surface area (Å²) in [6, 6.07) is 45.1. The molecule has 176 valence electrons. The van der Waals surface area contributed by atoms with Crippen molar-refractivity contribution in [2.45, 2.75) is 25.5 Å². The molecule has 0 amide bonds. The fourth-order valence-corrected chi connectivity index (χ4v) is 7.53. The van der Waals surface area contributed by atoms with E-state index >= 15 is 0 Å². The lowest BCUT2D eigenvalue weighted by Crippen LogP contribution is -2.30. The van der Waals surface area contributed by atoms with Crippen LogP contribution in [0, 0.1) is 0 Å². The van der Waals surface area contributed by atoms with Crippen molar-refractivity contribution in [3.8, 4) is 0 Å². The van der Waals surface area contributed by atoms with Crippen molar-refractivity contribution < 1.29 is 4.74 Å². The number of ether oxygens (including phenoxy) is 1. The van der Waals surface area contributed by atoms with Crippen LogP contribution in [0.1, 0.15) is 31.0 Å². The number of hydrogen-bond donors (Lipinski definition) is 0. The molecular weight excluding hydrogens is 457 g/mol. The average Bonchev–Trinajstić information content (AvgIpc) is 3.24. The molecule has 1 heterocycles. The van der Waals surface area contributed by atoms with E-state index in [2.05, 4.69) is 141 Å². The van der Waals surface area contributed by atoms with Crippen LogP contribution in [0.5, 0.6) is 0 Å². The van der Waals surface area contributed by atoms with Gasteiger partial charge in [-0.15, -0.1) is 0 Å². The molecule has 6 rings (SSSR count). The van der Waals surface area contributed by atoms with Gasteiger partial charge in [0, 0.05) is 5.56 Å². The van der Waals surface area contributed by atoms with Crippen molar-refractivity contribution >= 4 is 40.5 Å². The molecule has 1 atom stereocenters. The summed E-state index contributed by atoms with van der Waals surface area (Å²) in [6.07, 6.45) is 0. The summed E-state index contributed by atoms with van der Waals surface area (Å²) in [5.74, 6) is 0.730. The van der Waals surface area contributed by atoms with Crippen molar-refractivity contribution in [2.75, 3.05) is 0 Å². The summed E-state index contributed by atoms with van der Waals surface area (Å²) >= 11 is 0. The van der Waals surface area contributed by atoms with Crippen molar-refractivity contribution in [1.29, 1.82) is 0 Å². The van der Waals surface area contributed by atoms with Crippen LogP contribution in [-0.4, -0.2) is 11.5 Å². The van der Waals surface area contributed by atoms with Crippen molar-refractivity contribution in [1.82, 2.24) is 0 Å². The van der Waals surface area contributed by atoms with Gasteiger partial charge in [-0.05, 0) is 60.1 Å². The van der Waals surface area contributed by atoms with E-state index in [1.807, 2.05) is 0 Å². The van der Waals surface area contributed by atoms with Crippen molar-refractivity contribution in [3.05, 3.63) is 139 Å². The van der Waals surface area contributed by atoms with Crippen LogP contribution in [0.4, 0.5) is 0 Å². The third-order valence-corrected chi connectivity index (χ3v) is 9.29. The van der Waals surface area contributed by atoms with E-state index in [-0.39, 0.29) is 6.04 Å². The minimum atomic E-state index is -0.771. The Balaban J connectivity index is 1.50. The predicted molar refractivity (Wildman–Crippen MR) is 154 cm³/mol. The second-order valence-electron chi connectivity index (χ2n) is 9.63. The Morgan fingerprint density at radius 1 is 0.639 bits per heavy atom. The molecule has 0 radical (unpaired) electrons. The van der Waals surface area contributed by atoms with E-state index in [0.29, 0.717) is 0 Å². The zero-order valence-corrected chi connectivity index (χ0v) is 21.4. The van der Waals surface area contributed by atoms with Crippen LogP contribution in [0.2, 0.25) is 0 Å². The van der Waals surface area contributed by atoms with Gasteiger partial charge in [0.15, 0.2) is 0 Å². The molecule has 5 aromatic carbocycles. The summed E-state index contributed by atoms with van der Waals surface area (Å²) in [6.45, 7) is 4.30. The lowest BCUT2D eigenvalue weighted by atomic mass is 9.89. The van der Waals surface area contributed by atoms with Gasteiger partial charge in [-0.1, -0.05) is 121 Å². The van der Waals surface area contributed by atoms with Crippen molar-refractivity contribution in [3.63, 3.8) is 0 Å². The first-order valence-electron chi connectivity index (χ1n) is 12.4. The second kappa shape index (κ2) is 9.37. The van der Waals surface area contributed by atoms with Crippen LogP contribution in [0.15, 0.2) is 132 Å². The largest absolute Gasteiger partial charge is 0.469 e. The SMILES string of the molecule is CC1(C)OC(c2ccccc2P(c2ccccc2)c2ccccc2)=NC1c1cccc2ccccc12. The molecule has 3 heteroatoms. The highest BCUT2D eigenvalue weighted by Crippen LogP contribution is 2.43. The highest BCUT2D eigenvalue weighted by molar-refractivity contribution is 7.80.